The summed E-state index contributed by atoms with van der Waals surface area (Å²) in [6, 6.07) is 15.8. The van der Waals surface area contributed by atoms with Crippen LogP contribution in [0.2, 0.25) is 0 Å². The smallest absolute Gasteiger partial charge is 0.119 e. The first-order valence-corrected chi connectivity index (χ1v) is 9.84. The van der Waals surface area contributed by atoms with Crippen LogP contribution in [0.25, 0.3) is 5.57 Å². The number of rotatable bonds is 8. The molecule has 0 atom stereocenters. The molecule has 2 aromatic rings. The molecule has 1 aliphatic carbocycles. The van der Waals surface area contributed by atoms with Crippen molar-refractivity contribution < 1.29 is 9.84 Å². The SMILES string of the molecule is CC/C(=C(\c1ccc(O)cc1)c1ccc(OCCN(C)C)cc1)C1C=CC=C1. The molecule has 0 bridgehead atoms. The lowest BCUT2D eigenvalue weighted by Crippen LogP contribution is -2.19. The molecule has 0 fully saturated rings. The number of likely N-dealkylation sites (N-methyl/N-ethyl adjacent to an activating group) is 1. The van der Waals surface area contributed by atoms with E-state index < -0.39 is 0 Å². The van der Waals surface area contributed by atoms with Crippen molar-refractivity contribution in [1.82, 2.24) is 4.90 Å². The predicted molar refractivity (Wildman–Crippen MR) is 117 cm³/mol. The van der Waals surface area contributed by atoms with Crippen molar-refractivity contribution in [2.45, 2.75) is 13.3 Å². The molecule has 0 amide bonds. The van der Waals surface area contributed by atoms with Crippen molar-refractivity contribution in [2.24, 2.45) is 5.92 Å². The molecular formula is C25H29NO2. The Morgan fingerprint density at radius 2 is 1.50 bits per heavy atom. The van der Waals surface area contributed by atoms with Crippen LogP contribution in [0.4, 0.5) is 0 Å². The van der Waals surface area contributed by atoms with Gasteiger partial charge in [0.1, 0.15) is 18.1 Å². The minimum absolute atomic E-state index is 0.284. The van der Waals surface area contributed by atoms with Crippen LogP contribution < -0.4 is 4.74 Å². The molecule has 1 N–H and O–H groups in total. The highest BCUT2D eigenvalue weighted by molar-refractivity contribution is 5.83. The largest absolute Gasteiger partial charge is 0.508 e. The third-order valence-corrected chi connectivity index (χ3v) is 4.96. The Morgan fingerprint density at radius 3 is 2.04 bits per heavy atom. The van der Waals surface area contributed by atoms with Gasteiger partial charge in [-0.1, -0.05) is 61.1 Å². The van der Waals surface area contributed by atoms with Crippen molar-refractivity contribution in [3.8, 4) is 11.5 Å². The maximum absolute atomic E-state index is 9.72. The number of hydrogen-bond acceptors (Lipinski definition) is 3. The third-order valence-electron chi connectivity index (χ3n) is 4.96. The van der Waals surface area contributed by atoms with E-state index in [1.165, 1.54) is 11.1 Å². The Hall–Kier alpha value is -2.78. The van der Waals surface area contributed by atoms with Gasteiger partial charge in [0.15, 0.2) is 0 Å². The minimum atomic E-state index is 0.284. The number of nitrogens with zero attached hydrogens (tertiary/aromatic N) is 1. The van der Waals surface area contributed by atoms with Crippen LogP contribution in [0.15, 0.2) is 78.4 Å². The quantitative estimate of drug-likeness (QED) is 0.681. The average Bonchev–Trinajstić information content (AvgIpc) is 3.22. The average molecular weight is 376 g/mol. The fraction of sp³-hybridized carbons (Fsp3) is 0.280. The number of hydrogen-bond donors (Lipinski definition) is 1. The van der Waals surface area contributed by atoms with Crippen LogP contribution in [-0.4, -0.2) is 37.3 Å². The van der Waals surface area contributed by atoms with Gasteiger partial charge in [0, 0.05) is 12.5 Å². The van der Waals surface area contributed by atoms with E-state index in [9.17, 15) is 5.11 Å². The maximum Gasteiger partial charge on any atom is 0.119 e. The Labute approximate surface area is 168 Å². The van der Waals surface area contributed by atoms with E-state index in [1.807, 2.05) is 38.4 Å². The molecule has 0 aromatic heterocycles. The fourth-order valence-corrected chi connectivity index (χ4v) is 3.47. The number of ether oxygens (including phenoxy) is 1. The van der Waals surface area contributed by atoms with Gasteiger partial charge in [0.2, 0.25) is 0 Å². The van der Waals surface area contributed by atoms with Gasteiger partial charge in [-0.25, -0.2) is 0 Å². The van der Waals surface area contributed by atoms with Crippen LogP contribution in [0.5, 0.6) is 11.5 Å². The van der Waals surface area contributed by atoms with E-state index in [0.717, 1.165) is 29.8 Å². The van der Waals surface area contributed by atoms with Crippen molar-refractivity contribution in [3.63, 3.8) is 0 Å². The highest BCUT2D eigenvalue weighted by Gasteiger charge is 2.17. The zero-order chi connectivity index (χ0) is 19.9. The Balaban J connectivity index is 1.96. The summed E-state index contributed by atoms with van der Waals surface area (Å²) < 4.78 is 5.85. The molecule has 0 unspecified atom stereocenters. The lowest BCUT2D eigenvalue weighted by atomic mass is 9.85. The van der Waals surface area contributed by atoms with Crippen LogP contribution in [0.3, 0.4) is 0 Å². The van der Waals surface area contributed by atoms with Gasteiger partial charge < -0.3 is 14.7 Å². The summed E-state index contributed by atoms with van der Waals surface area (Å²) >= 11 is 0. The predicted octanol–water partition coefficient (Wildman–Crippen LogP) is 5.29. The van der Waals surface area contributed by atoms with E-state index in [1.54, 1.807) is 12.1 Å². The molecule has 3 nitrogen and oxygen atoms in total. The molecule has 146 valence electrons. The number of aromatic hydroxyl groups is 1. The van der Waals surface area contributed by atoms with E-state index in [-0.39, 0.29) is 5.75 Å². The third kappa shape index (κ3) is 4.93. The van der Waals surface area contributed by atoms with E-state index >= 15 is 0 Å². The molecule has 0 aliphatic heterocycles. The van der Waals surface area contributed by atoms with Gasteiger partial charge in [0.25, 0.3) is 0 Å². The summed E-state index contributed by atoms with van der Waals surface area (Å²) in [6.07, 6.45) is 9.64. The maximum atomic E-state index is 9.72. The van der Waals surface area contributed by atoms with Crippen molar-refractivity contribution in [2.75, 3.05) is 27.2 Å². The molecule has 0 radical (unpaired) electrons. The zero-order valence-corrected chi connectivity index (χ0v) is 16.9. The molecule has 2 aromatic carbocycles. The van der Waals surface area contributed by atoms with E-state index in [0.29, 0.717) is 12.5 Å². The second kappa shape index (κ2) is 9.43. The van der Waals surface area contributed by atoms with Gasteiger partial charge >= 0.3 is 0 Å². The number of benzene rings is 2. The van der Waals surface area contributed by atoms with Gasteiger partial charge in [-0.15, -0.1) is 0 Å². The molecule has 28 heavy (non-hydrogen) atoms. The molecular weight excluding hydrogens is 346 g/mol. The van der Waals surface area contributed by atoms with Crippen LogP contribution in [0.1, 0.15) is 24.5 Å². The van der Waals surface area contributed by atoms with E-state index in [2.05, 4.69) is 48.3 Å². The summed E-state index contributed by atoms with van der Waals surface area (Å²) in [6.45, 7) is 3.76. The van der Waals surface area contributed by atoms with Gasteiger partial charge in [-0.3, -0.25) is 0 Å². The highest BCUT2D eigenvalue weighted by Crippen LogP contribution is 2.36. The molecule has 3 rings (SSSR count). The Bertz CT molecular complexity index is 846. The second-order valence-corrected chi connectivity index (χ2v) is 7.27. The van der Waals surface area contributed by atoms with Gasteiger partial charge in [-0.05, 0) is 61.5 Å². The number of phenolic OH excluding ortho intramolecular Hbond substituents is 1. The van der Waals surface area contributed by atoms with Crippen molar-refractivity contribution >= 4 is 5.57 Å². The summed E-state index contributed by atoms with van der Waals surface area (Å²) in [5.41, 5.74) is 4.88. The van der Waals surface area contributed by atoms with Gasteiger partial charge in [-0.2, -0.15) is 0 Å². The van der Waals surface area contributed by atoms with Crippen molar-refractivity contribution in [3.05, 3.63) is 89.5 Å². The highest BCUT2D eigenvalue weighted by atomic mass is 16.5. The molecule has 0 saturated heterocycles. The molecule has 1 aliphatic rings. The first-order valence-electron chi connectivity index (χ1n) is 9.84. The summed E-state index contributed by atoms with van der Waals surface area (Å²) in [7, 11) is 4.08. The standard InChI is InChI=1S/C25H29NO2/c1-4-24(19-7-5-6-8-19)25(20-9-13-22(27)14-10-20)21-11-15-23(16-12-21)28-18-17-26(2)3/h5-16,19,27H,4,17-18H2,1-3H3/b25-24-. The Kier molecular flexibility index (Phi) is 6.72. The van der Waals surface area contributed by atoms with Gasteiger partial charge in [0.05, 0.1) is 0 Å². The number of allylic oxidation sites excluding steroid dienone is 5. The zero-order valence-electron chi connectivity index (χ0n) is 16.9. The molecule has 0 saturated carbocycles. The van der Waals surface area contributed by atoms with Crippen LogP contribution >= 0.6 is 0 Å². The van der Waals surface area contributed by atoms with Crippen molar-refractivity contribution in [1.29, 1.82) is 0 Å². The normalized spacial score (nSPS) is 14.6. The van der Waals surface area contributed by atoms with Crippen LogP contribution in [0, 0.1) is 5.92 Å². The first kappa shape index (κ1) is 20.0. The Morgan fingerprint density at radius 1 is 0.929 bits per heavy atom. The second-order valence-electron chi connectivity index (χ2n) is 7.27. The first-order chi connectivity index (χ1) is 13.6. The molecule has 0 spiro atoms. The molecule has 3 heteroatoms. The van der Waals surface area contributed by atoms with E-state index in [4.69, 9.17) is 4.74 Å². The van der Waals surface area contributed by atoms with Crippen LogP contribution in [-0.2, 0) is 0 Å². The monoisotopic (exact) mass is 375 g/mol. The topological polar surface area (TPSA) is 32.7 Å². The molecule has 0 heterocycles. The lowest BCUT2D eigenvalue weighted by Gasteiger charge is -2.19. The summed E-state index contributed by atoms with van der Waals surface area (Å²) in [5.74, 6) is 1.48. The summed E-state index contributed by atoms with van der Waals surface area (Å²) in [5, 5.41) is 9.72. The number of phenols is 1. The summed E-state index contributed by atoms with van der Waals surface area (Å²) in [4.78, 5) is 2.11. The minimum Gasteiger partial charge on any atom is -0.508 e. The fourth-order valence-electron chi connectivity index (χ4n) is 3.47. The lowest BCUT2D eigenvalue weighted by molar-refractivity contribution is 0.261.